The predicted octanol–water partition coefficient (Wildman–Crippen LogP) is 15.8. The standard InChI is InChI=1S/C58H34N4S/c1-2-15-35(16-3-1)38-25-13-26-43-44-27-14-30-52(58(44)63-57(38)43)62-49-29-11-9-24-46(49)54-51(62)32-31-50-53(54)45-23-8-10-28-48(45)61(50)37-18-12-17-36(33-37)47-34-59-55-41-21-6-4-19-39(41)40-20-5-7-22-42(40)56(55)60-47/h1-34H. The number of hydrogen-bond acceptors (Lipinski definition) is 3. The van der Waals surface area contributed by atoms with Crippen LogP contribution in [0.3, 0.4) is 0 Å². The van der Waals surface area contributed by atoms with E-state index in [9.17, 15) is 0 Å². The Morgan fingerprint density at radius 3 is 1.63 bits per heavy atom. The molecule has 0 aliphatic carbocycles. The first kappa shape index (κ1) is 34.6. The number of hydrogen-bond donors (Lipinski definition) is 0. The molecule has 0 aliphatic heterocycles. The van der Waals surface area contributed by atoms with Gasteiger partial charge in [0.25, 0.3) is 0 Å². The highest BCUT2D eigenvalue weighted by Crippen LogP contribution is 2.47. The Hall–Kier alpha value is -8.12. The molecule has 10 aromatic carbocycles. The third kappa shape index (κ3) is 4.91. The van der Waals surface area contributed by atoms with Crippen LogP contribution in [0.25, 0.3) is 130 Å². The third-order valence-corrected chi connectivity index (χ3v) is 14.4. The molecule has 0 radical (unpaired) electrons. The van der Waals surface area contributed by atoms with Gasteiger partial charge in [0.2, 0.25) is 0 Å². The van der Waals surface area contributed by atoms with Crippen LogP contribution in [0.1, 0.15) is 0 Å². The molecular weight excluding hydrogens is 785 g/mol. The van der Waals surface area contributed by atoms with Gasteiger partial charge in [0.05, 0.1) is 55.4 Å². The van der Waals surface area contributed by atoms with Crippen molar-refractivity contribution >= 4 is 108 Å². The first-order valence-electron chi connectivity index (χ1n) is 21.4. The van der Waals surface area contributed by atoms with E-state index in [0.29, 0.717) is 0 Å². The van der Waals surface area contributed by atoms with Gasteiger partial charge in [-0.25, -0.2) is 4.98 Å². The van der Waals surface area contributed by atoms with Crippen molar-refractivity contribution in [3.05, 3.63) is 206 Å². The van der Waals surface area contributed by atoms with E-state index in [2.05, 4.69) is 209 Å². The van der Waals surface area contributed by atoms with Gasteiger partial charge in [0.15, 0.2) is 0 Å². The van der Waals surface area contributed by atoms with E-state index in [4.69, 9.17) is 9.97 Å². The lowest BCUT2D eigenvalue weighted by molar-refractivity contribution is 1.18. The lowest BCUT2D eigenvalue weighted by Gasteiger charge is -2.12. The van der Waals surface area contributed by atoms with Gasteiger partial charge in [-0.15, -0.1) is 11.3 Å². The highest BCUT2D eigenvalue weighted by Gasteiger charge is 2.23. The summed E-state index contributed by atoms with van der Waals surface area (Å²) in [4.78, 5) is 10.5. The number of rotatable bonds is 4. The molecule has 0 aliphatic rings. The van der Waals surface area contributed by atoms with E-state index in [0.717, 1.165) is 44.3 Å². The molecular formula is C58H34N4S. The van der Waals surface area contributed by atoms with Gasteiger partial charge in [-0.2, -0.15) is 0 Å². The second kappa shape index (κ2) is 13.2. The summed E-state index contributed by atoms with van der Waals surface area (Å²) in [6.45, 7) is 0. The Morgan fingerprint density at radius 2 is 0.905 bits per heavy atom. The molecule has 0 atom stereocenters. The van der Waals surface area contributed by atoms with E-state index in [1.54, 1.807) is 0 Å². The lowest BCUT2D eigenvalue weighted by Crippen LogP contribution is -1.96. The normalized spacial score (nSPS) is 12.1. The molecule has 4 aromatic heterocycles. The van der Waals surface area contributed by atoms with Crippen LogP contribution in [0.15, 0.2) is 206 Å². The summed E-state index contributed by atoms with van der Waals surface area (Å²) >= 11 is 1.90. The average molecular weight is 819 g/mol. The minimum Gasteiger partial charge on any atom is -0.309 e. The fourth-order valence-corrected chi connectivity index (χ4v) is 11.8. The van der Waals surface area contributed by atoms with Gasteiger partial charge in [-0.3, -0.25) is 4.98 Å². The molecule has 0 N–H and O–H groups in total. The van der Waals surface area contributed by atoms with Gasteiger partial charge < -0.3 is 9.13 Å². The summed E-state index contributed by atoms with van der Waals surface area (Å²) in [7, 11) is 0. The molecule has 63 heavy (non-hydrogen) atoms. The van der Waals surface area contributed by atoms with E-state index >= 15 is 0 Å². The van der Waals surface area contributed by atoms with E-state index in [1.807, 2.05) is 17.5 Å². The van der Waals surface area contributed by atoms with Crippen molar-refractivity contribution in [3.63, 3.8) is 0 Å². The smallest absolute Gasteiger partial charge is 0.0979 e. The number of nitrogens with zero attached hydrogens (tertiary/aromatic N) is 4. The molecule has 292 valence electrons. The molecule has 14 rings (SSSR count). The zero-order valence-corrected chi connectivity index (χ0v) is 34.6. The minimum absolute atomic E-state index is 0.849. The van der Waals surface area contributed by atoms with Gasteiger partial charge >= 0.3 is 0 Å². The van der Waals surface area contributed by atoms with Gasteiger partial charge in [-0.05, 0) is 64.4 Å². The molecule has 0 amide bonds. The molecule has 0 saturated heterocycles. The second-order valence-electron chi connectivity index (χ2n) is 16.5. The fourth-order valence-electron chi connectivity index (χ4n) is 10.4. The third-order valence-electron chi connectivity index (χ3n) is 13.1. The van der Waals surface area contributed by atoms with Crippen molar-refractivity contribution in [1.82, 2.24) is 19.1 Å². The van der Waals surface area contributed by atoms with Crippen molar-refractivity contribution in [1.29, 1.82) is 0 Å². The number of benzene rings is 10. The van der Waals surface area contributed by atoms with Gasteiger partial charge in [0, 0.05) is 59.0 Å². The molecule has 4 nitrogen and oxygen atoms in total. The van der Waals surface area contributed by atoms with Crippen LogP contribution in [0, 0.1) is 0 Å². The van der Waals surface area contributed by atoms with Crippen molar-refractivity contribution in [2.75, 3.05) is 0 Å². The first-order chi connectivity index (χ1) is 31.3. The van der Waals surface area contributed by atoms with E-state index < -0.39 is 0 Å². The first-order valence-corrected chi connectivity index (χ1v) is 22.2. The molecule has 0 fully saturated rings. The van der Waals surface area contributed by atoms with Crippen molar-refractivity contribution in [2.24, 2.45) is 0 Å². The number of thiophene rings is 1. The van der Waals surface area contributed by atoms with Crippen molar-refractivity contribution in [3.8, 4) is 33.8 Å². The maximum absolute atomic E-state index is 5.36. The quantitative estimate of drug-likeness (QED) is 0.166. The highest BCUT2D eigenvalue weighted by atomic mass is 32.1. The molecule has 0 saturated carbocycles. The predicted molar refractivity (Wildman–Crippen MR) is 267 cm³/mol. The van der Waals surface area contributed by atoms with Crippen LogP contribution in [-0.2, 0) is 0 Å². The molecule has 0 bridgehead atoms. The Balaban J connectivity index is 0.992. The zero-order chi connectivity index (χ0) is 41.2. The van der Waals surface area contributed by atoms with Crippen molar-refractivity contribution in [2.45, 2.75) is 0 Å². The van der Waals surface area contributed by atoms with Crippen LogP contribution >= 0.6 is 11.3 Å². The summed E-state index contributed by atoms with van der Waals surface area (Å²) in [5.74, 6) is 0. The number of fused-ring (bicyclic) bond motifs is 16. The summed E-state index contributed by atoms with van der Waals surface area (Å²) < 4.78 is 7.53. The monoisotopic (exact) mass is 818 g/mol. The van der Waals surface area contributed by atoms with Crippen molar-refractivity contribution < 1.29 is 0 Å². The molecule has 0 unspecified atom stereocenters. The van der Waals surface area contributed by atoms with E-state index in [1.165, 1.54) is 85.9 Å². The summed E-state index contributed by atoms with van der Waals surface area (Å²) in [6.07, 6.45) is 1.94. The van der Waals surface area contributed by atoms with E-state index in [-0.39, 0.29) is 0 Å². The van der Waals surface area contributed by atoms with Crippen LogP contribution in [-0.4, -0.2) is 19.1 Å². The lowest BCUT2D eigenvalue weighted by atomic mass is 9.99. The highest BCUT2D eigenvalue weighted by molar-refractivity contribution is 7.26. The Morgan fingerprint density at radius 1 is 0.365 bits per heavy atom. The maximum atomic E-state index is 5.36. The molecule has 4 heterocycles. The molecule has 14 aromatic rings. The molecule has 5 heteroatoms. The van der Waals surface area contributed by atoms with Crippen LogP contribution in [0.4, 0.5) is 0 Å². The minimum atomic E-state index is 0.849. The largest absolute Gasteiger partial charge is 0.309 e. The zero-order valence-electron chi connectivity index (χ0n) is 33.8. The number of aromatic nitrogens is 4. The SMILES string of the molecule is c1ccc(-c2cccc3c2sc2c(-n4c5ccccc5c5c6c7ccccc7n(-c7cccc(-c8cnc9c%10ccccc%10c%10ccccc%10c9n8)c7)c6ccc54)cccc23)cc1. The second-order valence-corrected chi connectivity index (χ2v) is 17.5. The van der Waals surface area contributed by atoms with Gasteiger partial charge in [0.1, 0.15) is 0 Å². The summed E-state index contributed by atoms with van der Waals surface area (Å²) in [5.41, 5.74) is 13.2. The summed E-state index contributed by atoms with van der Waals surface area (Å²) in [6, 6.07) is 72.6. The van der Waals surface area contributed by atoms with Crippen LogP contribution < -0.4 is 0 Å². The molecule has 0 spiro atoms. The Kier molecular flexibility index (Phi) is 7.24. The van der Waals surface area contributed by atoms with Gasteiger partial charge in [-0.1, -0.05) is 158 Å². The maximum Gasteiger partial charge on any atom is 0.0979 e. The summed E-state index contributed by atoms with van der Waals surface area (Å²) in [5, 5.41) is 12.2. The Bertz CT molecular complexity index is 4180. The average Bonchev–Trinajstić information content (AvgIpc) is 4.02. The van der Waals surface area contributed by atoms with Crippen LogP contribution in [0.5, 0.6) is 0 Å². The number of para-hydroxylation sites is 2. The van der Waals surface area contributed by atoms with Crippen LogP contribution in [0.2, 0.25) is 0 Å². The Labute approximate surface area is 365 Å². The topological polar surface area (TPSA) is 35.6 Å². The fraction of sp³-hybridized carbons (Fsp3) is 0.